The molecule has 0 spiro atoms. The van der Waals surface area contributed by atoms with E-state index in [4.69, 9.17) is 8.92 Å². The molecule has 0 aliphatic carbocycles. The third-order valence-corrected chi connectivity index (χ3v) is 5.91. The van der Waals surface area contributed by atoms with E-state index in [1.807, 2.05) is 0 Å². The highest BCUT2D eigenvalue weighted by molar-refractivity contribution is 8.15. The first kappa shape index (κ1) is 19.9. The van der Waals surface area contributed by atoms with Crippen molar-refractivity contribution in [3.05, 3.63) is 54.1 Å². The molecule has 1 fully saturated rings. The number of amidine groups is 1. The molecule has 1 aliphatic heterocycles. The second-order valence-corrected chi connectivity index (χ2v) is 8.56. The summed E-state index contributed by atoms with van der Waals surface area (Å²) in [5, 5.41) is 10.7. The molecule has 1 heterocycles. The van der Waals surface area contributed by atoms with E-state index in [9.17, 15) is 13.2 Å². The van der Waals surface area contributed by atoms with Gasteiger partial charge in [0.15, 0.2) is 5.17 Å². The van der Waals surface area contributed by atoms with E-state index in [1.165, 1.54) is 49.4 Å². The SMILES string of the molecule is COc1ccc(S(=O)(=O)Oc2ccc(/C=N/N=C3/NC(=O)C(C)S3)cc2)cc1. The molecule has 1 atom stereocenters. The zero-order valence-corrected chi connectivity index (χ0v) is 16.7. The average molecular weight is 419 g/mol. The highest BCUT2D eigenvalue weighted by Crippen LogP contribution is 2.21. The van der Waals surface area contributed by atoms with Gasteiger partial charge in [-0.1, -0.05) is 11.8 Å². The highest BCUT2D eigenvalue weighted by atomic mass is 32.2. The Bertz CT molecular complexity index is 1020. The lowest BCUT2D eigenvalue weighted by Crippen LogP contribution is -2.23. The summed E-state index contributed by atoms with van der Waals surface area (Å²) in [6.45, 7) is 1.78. The van der Waals surface area contributed by atoms with E-state index >= 15 is 0 Å². The minimum absolute atomic E-state index is 0.0279. The number of carbonyl (C=O) groups is 1. The molecule has 2 aromatic rings. The molecule has 0 bridgehead atoms. The molecular weight excluding hydrogens is 402 g/mol. The average Bonchev–Trinajstić information content (AvgIpc) is 3.00. The summed E-state index contributed by atoms with van der Waals surface area (Å²) in [6, 6.07) is 12.2. The predicted molar refractivity (Wildman–Crippen MR) is 107 cm³/mol. The van der Waals surface area contributed by atoms with Crippen LogP contribution in [-0.2, 0) is 14.9 Å². The van der Waals surface area contributed by atoms with Crippen molar-refractivity contribution in [2.24, 2.45) is 10.2 Å². The highest BCUT2D eigenvalue weighted by Gasteiger charge is 2.25. The molecule has 1 unspecified atom stereocenters. The molecule has 2 aromatic carbocycles. The smallest absolute Gasteiger partial charge is 0.339 e. The first-order chi connectivity index (χ1) is 13.4. The Morgan fingerprint density at radius 1 is 1.07 bits per heavy atom. The maximum absolute atomic E-state index is 12.3. The van der Waals surface area contributed by atoms with Crippen molar-refractivity contribution < 1.29 is 22.1 Å². The summed E-state index contributed by atoms with van der Waals surface area (Å²) in [5.74, 6) is 0.626. The third kappa shape index (κ3) is 4.90. The van der Waals surface area contributed by atoms with E-state index < -0.39 is 10.1 Å². The summed E-state index contributed by atoms with van der Waals surface area (Å²) < 4.78 is 34.8. The van der Waals surface area contributed by atoms with Crippen LogP contribution in [-0.4, -0.2) is 38.1 Å². The number of benzene rings is 2. The lowest BCUT2D eigenvalue weighted by molar-refractivity contribution is -0.118. The lowest BCUT2D eigenvalue weighted by Gasteiger charge is -2.07. The molecule has 146 valence electrons. The minimum Gasteiger partial charge on any atom is -0.497 e. The summed E-state index contributed by atoms with van der Waals surface area (Å²) >= 11 is 1.30. The Morgan fingerprint density at radius 2 is 1.71 bits per heavy atom. The first-order valence-electron chi connectivity index (χ1n) is 8.14. The third-order valence-electron chi connectivity index (χ3n) is 3.68. The number of carbonyl (C=O) groups excluding carboxylic acids is 1. The number of nitrogens with one attached hydrogen (secondary N) is 1. The zero-order valence-electron chi connectivity index (χ0n) is 15.0. The summed E-state index contributed by atoms with van der Waals surface area (Å²) in [5.41, 5.74) is 0.695. The number of ether oxygens (including phenoxy) is 1. The van der Waals surface area contributed by atoms with E-state index in [0.717, 1.165) is 0 Å². The molecule has 28 heavy (non-hydrogen) atoms. The topological polar surface area (TPSA) is 106 Å². The van der Waals surface area contributed by atoms with Gasteiger partial charge in [0, 0.05) is 0 Å². The standard InChI is InChI=1S/C18H17N3O5S2/c1-12-17(22)20-18(27-12)21-19-11-13-3-5-15(6-4-13)26-28(23,24)16-9-7-14(25-2)8-10-16/h3-12H,1-2H3,(H,20,21,22)/b19-11+. The van der Waals surface area contributed by atoms with Gasteiger partial charge in [-0.2, -0.15) is 13.5 Å². The van der Waals surface area contributed by atoms with Crippen LogP contribution in [0.15, 0.2) is 63.6 Å². The number of rotatable bonds is 6. The molecule has 1 N–H and O–H groups in total. The fraction of sp³-hybridized carbons (Fsp3) is 0.167. The van der Waals surface area contributed by atoms with E-state index in [1.54, 1.807) is 31.2 Å². The van der Waals surface area contributed by atoms with Crippen molar-refractivity contribution in [1.29, 1.82) is 0 Å². The zero-order chi connectivity index (χ0) is 20.1. The maximum atomic E-state index is 12.3. The van der Waals surface area contributed by atoms with Crippen molar-refractivity contribution in [3.63, 3.8) is 0 Å². The van der Waals surface area contributed by atoms with Crippen molar-refractivity contribution in [1.82, 2.24) is 5.32 Å². The van der Waals surface area contributed by atoms with Gasteiger partial charge >= 0.3 is 10.1 Å². The molecular formula is C18H17N3O5S2. The fourth-order valence-corrected chi connectivity index (χ4v) is 3.87. The fourth-order valence-electron chi connectivity index (χ4n) is 2.18. The van der Waals surface area contributed by atoms with E-state index in [2.05, 4.69) is 15.5 Å². The van der Waals surface area contributed by atoms with Gasteiger partial charge in [0.05, 0.1) is 18.6 Å². The van der Waals surface area contributed by atoms with E-state index in [-0.39, 0.29) is 21.8 Å². The molecule has 1 saturated heterocycles. The second kappa shape index (κ2) is 8.44. The van der Waals surface area contributed by atoms with Crippen LogP contribution < -0.4 is 14.2 Å². The monoisotopic (exact) mass is 419 g/mol. The summed E-state index contributed by atoms with van der Waals surface area (Å²) in [6.07, 6.45) is 1.49. The van der Waals surface area contributed by atoms with Gasteiger partial charge in [-0.05, 0) is 61.0 Å². The predicted octanol–water partition coefficient (Wildman–Crippen LogP) is 2.40. The molecule has 0 radical (unpaired) electrons. The van der Waals surface area contributed by atoms with Gasteiger partial charge < -0.3 is 14.2 Å². The van der Waals surface area contributed by atoms with Crippen LogP contribution in [0.25, 0.3) is 0 Å². The van der Waals surface area contributed by atoms with Crippen molar-refractivity contribution in [2.75, 3.05) is 7.11 Å². The summed E-state index contributed by atoms with van der Waals surface area (Å²) in [4.78, 5) is 11.4. The normalized spacial score (nSPS) is 18.4. The number of methoxy groups -OCH3 is 1. The lowest BCUT2D eigenvalue weighted by atomic mass is 10.2. The van der Waals surface area contributed by atoms with Crippen molar-refractivity contribution >= 4 is 39.2 Å². The van der Waals surface area contributed by atoms with Gasteiger partial charge in [0.25, 0.3) is 0 Å². The molecule has 0 aromatic heterocycles. The molecule has 0 saturated carbocycles. The molecule has 1 amide bonds. The Kier molecular flexibility index (Phi) is 6.00. The Morgan fingerprint density at radius 3 is 2.29 bits per heavy atom. The Labute approximate surface area is 166 Å². The first-order valence-corrected chi connectivity index (χ1v) is 10.4. The number of amides is 1. The van der Waals surface area contributed by atoms with Crippen LogP contribution in [0.1, 0.15) is 12.5 Å². The number of nitrogens with zero attached hydrogens (tertiary/aromatic N) is 2. The quantitative estimate of drug-likeness (QED) is 0.438. The molecule has 1 aliphatic rings. The van der Waals surface area contributed by atoms with Crippen molar-refractivity contribution in [2.45, 2.75) is 17.1 Å². The molecule has 8 nitrogen and oxygen atoms in total. The van der Waals surface area contributed by atoms with Crippen LogP contribution in [0.3, 0.4) is 0 Å². The largest absolute Gasteiger partial charge is 0.497 e. The molecule has 10 heteroatoms. The minimum atomic E-state index is -3.94. The van der Waals surface area contributed by atoms with Gasteiger partial charge in [-0.25, -0.2) is 0 Å². The van der Waals surface area contributed by atoms with E-state index in [0.29, 0.717) is 16.5 Å². The molecule has 3 rings (SSSR count). The number of hydrogen-bond donors (Lipinski definition) is 1. The summed E-state index contributed by atoms with van der Waals surface area (Å²) in [7, 11) is -2.44. The van der Waals surface area contributed by atoms with Gasteiger partial charge in [0.1, 0.15) is 16.4 Å². The number of thioether (sulfide) groups is 1. The van der Waals surface area contributed by atoms with Crippen LogP contribution in [0.5, 0.6) is 11.5 Å². The second-order valence-electron chi connectivity index (χ2n) is 5.68. The Balaban J connectivity index is 1.64. The van der Waals surface area contributed by atoms with Crippen LogP contribution in [0.2, 0.25) is 0 Å². The van der Waals surface area contributed by atoms with Crippen LogP contribution in [0.4, 0.5) is 0 Å². The van der Waals surface area contributed by atoms with Gasteiger partial charge in [0.2, 0.25) is 5.91 Å². The van der Waals surface area contributed by atoms with Gasteiger partial charge in [-0.15, -0.1) is 5.10 Å². The Hall–Kier alpha value is -2.85. The van der Waals surface area contributed by atoms with Crippen LogP contribution in [0, 0.1) is 0 Å². The van der Waals surface area contributed by atoms with Gasteiger partial charge in [-0.3, -0.25) is 4.79 Å². The van der Waals surface area contributed by atoms with Crippen molar-refractivity contribution in [3.8, 4) is 11.5 Å². The van der Waals surface area contributed by atoms with Crippen LogP contribution >= 0.6 is 11.8 Å². The maximum Gasteiger partial charge on any atom is 0.339 e. The number of hydrogen-bond acceptors (Lipinski definition) is 8.